The number of carbonyl (C=O) groups is 2. The molecule has 0 heterocycles. The number of allylic oxidation sites excluding steroid dienone is 1. The predicted molar refractivity (Wildman–Crippen MR) is 82.8 cm³/mol. The lowest BCUT2D eigenvalue weighted by molar-refractivity contribution is -0.117. The number of nitrogens with one attached hydrogen (secondary N) is 2. The van der Waals surface area contributed by atoms with Crippen LogP contribution >= 0.6 is 11.6 Å². The van der Waals surface area contributed by atoms with E-state index < -0.39 is 5.91 Å². The second kappa shape index (κ2) is 7.27. The molecule has 2 amide bonds. The zero-order valence-electron chi connectivity index (χ0n) is 12.0. The minimum absolute atomic E-state index is 0.306. The van der Waals surface area contributed by atoms with Crippen molar-refractivity contribution in [3.05, 3.63) is 46.5 Å². The van der Waals surface area contributed by atoms with E-state index in [1.807, 2.05) is 0 Å². The second-order valence-electron chi connectivity index (χ2n) is 5.41. The Labute approximate surface area is 129 Å². The summed E-state index contributed by atoms with van der Waals surface area (Å²) < 4.78 is 0. The van der Waals surface area contributed by atoms with Crippen molar-refractivity contribution >= 4 is 23.4 Å². The number of halogens is 1. The molecule has 1 aromatic rings. The van der Waals surface area contributed by atoms with Crippen LogP contribution in [-0.4, -0.2) is 11.8 Å². The number of hydrogen-bond acceptors (Lipinski definition) is 2. The van der Waals surface area contributed by atoms with Crippen LogP contribution in [0.1, 0.15) is 43.0 Å². The Bertz CT molecular complexity index is 559. The van der Waals surface area contributed by atoms with Gasteiger partial charge in [-0.1, -0.05) is 36.2 Å². The van der Waals surface area contributed by atoms with E-state index in [1.165, 1.54) is 0 Å². The van der Waals surface area contributed by atoms with Crippen LogP contribution in [0.5, 0.6) is 0 Å². The van der Waals surface area contributed by atoms with E-state index in [4.69, 9.17) is 11.6 Å². The van der Waals surface area contributed by atoms with Gasteiger partial charge in [0.1, 0.15) is 0 Å². The van der Waals surface area contributed by atoms with Crippen LogP contribution < -0.4 is 10.9 Å². The molecule has 0 radical (unpaired) electrons. The molecule has 4 nitrogen and oxygen atoms in total. The first-order chi connectivity index (χ1) is 10.1. The highest BCUT2D eigenvalue weighted by Gasteiger charge is 2.14. The molecule has 2 rings (SSSR count). The Hall–Kier alpha value is -1.81. The maximum Gasteiger partial charge on any atom is 0.271 e. The standard InChI is InChI=1S/C16H19ClN2O2/c1-11-6-8-12(9-7-11)10-15(20)18-19-16(21)13-4-2-3-5-14(13)17/h2-5,10-11H,6-9H2,1H3,(H,18,20)(H,19,21). The van der Waals surface area contributed by atoms with Crippen molar-refractivity contribution in [3.8, 4) is 0 Å². The molecule has 1 fully saturated rings. The number of amides is 2. The first kappa shape index (κ1) is 15.6. The van der Waals surface area contributed by atoms with Crippen LogP contribution in [0, 0.1) is 5.92 Å². The van der Waals surface area contributed by atoms with Crippen molar-refractivity contribution < 1.29 is 9.59 Å². The maximum absolute atomic E-state index is 11.9. The highest BCUT2D eigenvalue weighted by Crippen LogP contribution is 2.27. The molecule has 1 saturated carbocycles. The van der Waals surface area contributed by atoms with Gasteiger partial charge in [0.15, 0.2) is 0 Å². The third-order valence-corrected chi connectivity index (χ3v) is 4.00. The third-order valence-electron chi connectivity index (χ3n) is 3.67. The molecule has 112 valence electrons. The van der Waals surface area contributed by atoms with Crippen LogP contribution in [0.4, 0.5) is 0 Å². The molecular weight excluding hydrogens is 288 g/mol. The van der Waals surface area contributed by atoms with Crippen molar-refractivity contribution in [2.75, 3.05) is 0 Å². The lowest BCUT2D eigenvalue weighted by Crippen LogP contribution is -2.41. The van der Waals surface area contributed by atoms with Gasteiger partial charge in [0.25, 0.3) is 11.8 Å². The molecule has 0 aromatic heterocycles. The molecule has 1 aliphatic rings. The Morgan fingerprint density at radius 2 is 1.86 bits per heavy atom. The first-order valence-corrected chi connectivity index (χ1v) is 7.48. The largest absolute Gasteiger partial charge is 0.271 e. The van der Waals surface area contributed by atoms with E-state index in [1.54, 1.807) is 30.3 Å². The minimum Gasteiger partial charge on any atom is -0.268 e. The Balaban J connectivity index is 1.85. The zero-order valence-corrected chi connectivity index (χ0v) is 12.7. The predicted octanol–water partition coefficient (Wildman–Crippen LogP) is 3.24. The summed E-state index contributed by atoms with van der Waals surface area (Å²) in [7, 11) is 0. The fraction of sp³-hybridized carbons (Fsp3) is 0.375. The van der Waals surface area contributed by atoms with Crippen LogP contribution in [0.15, 0.2) is 35.9 Å². The van der Waals surface area contributed by atoms with Crippen molar-refractivity contribution in [2.24, 2.45) is 5.92 Å². The summed E-state index contributed by atoms with van der Waals surface area (Å²) in [5.41, 5.74) is 6.23. The molecule has 0 spiro atoms. The third kappa shape index (κ3) is 4.60. The van der Waals surface area contributed by atoms with Gasteiger partial charge in [-0.2, -0.15) is 0 Å². The monoisotopic (exact) mass is 306 g/mol. The number of hydrogen-bond donors (Lipinski definition) is 2. The molecule has 1 aromatic carbocycles. The lowest BCUT2D eigenvalue weighted by atomic mass is 9.87. The molecule has 21 heavy (non-hydrogen) atoms. The number of benzene rings is 1. The Morgan fingerprint density at radius 1 is 1.19 bits per heavy atom. The summed E-state index contributed by atoms with van der Waals surface area (Å²) in [6.07, 6.45) is 5.72. The van der Waals surface area contributed by atoms with E-state index in [-0.39, 0.29) is 5.91 Å². The lowest BCUT2D eigenvalue weighted by Gasteiger charge is -2.19. The topological polar surface area (TPSA) is 58.2 Å². The van der Waals surface area contributed by atoms with E-state index >= 15 is 0 Å². The Kier molecular flexibility index (Phi) is 5.39. The van der Waals surface area contributed by atoms with E-state index in [2.05, 4.69) is 17.8 Å². The first-order valence-electron chi connectivity index (χ1n) is 7.10. The average molecular weight is 307 g/mol. The molecule has 0 atom stereocenters. The molecule has 2 N–H and O–H groups in total. The smallest absolute Gasteiger partial charge is 0.268 e. The minimum atomic E-state index is -0.426. The molecule has 0 unspecified atom stereocenters. The van der Waals surface area contributed by atoms with Gasteiger partial charge in [-0.15, -0.1) is 0 Å². The fourth-order valence-electron chi connectivity index (χ4n) is 2.33. The molecular formula is C16H19ClN2O2. The van der Waals surface area contributed by atoms with Crippen molar-refractivity contribution in [1.82, 2.24) is 10.9 Å². The second-order valence-corrected chi connectivity index (χ2v) is 5.82. The van der Waals surface area contributed by atoms with Crippen LogP contribution in [0.2, 0.25) is 5.02 Å². The molecule has 1 aliphatic carbocycles. The zero-order chi connectivity index (χ0) is 15.2. The molecule has 5 heteroatoms. The van der Waals surface area contributed by atoms with Gasteiger partial charge < -0.3 is 0 Å². The maximum atomic E-state index is 11.9. The molecule has 0 bridgehead atoms. The van der Waals surface area contributed by atoms with Gasteiger partial charge in [0, 0.05) is 6.08 Å². The van der Waals surface area contributed by atoms with E-state index in [0.717, 1.165) is 37.2 Å². The van der Waals surface area contributed by atoms with Crippen molar-refractivity contribution in [3.63, 3.8) is 0 Å². The summed E-state index contributed by atoms with van der Waals surface area (Å²) in [5.74, 6) is -0.00490. The van der Waals surface area contributed by atoms with E-state index in [0.29, 0.717) is 10.6 Å². The molecule has 0 saturated heterocycles. The van der Waals surface area contributed by atoms with Gasteiger partial charge in [-0.3, -0.25) is 20.4 Å². The summed E-state index contributed by atoms with van der Waals surface area (Å²) in [4.78, 5) is 23.7. The van der Waals surface area contributed by atoms with Gasteiger partial charge in [0.2, 0.25) is 0 Å². The van der Waals surface area contributed by atoms with Gasteiger partial charge in [-0.05, 0) is 43.7 Å². The summed E-state index contributed by atoms with van der Waals surface area (Å²) in [6.45, 7) is 2.22. The number of rotatable bonds is 2. The normalized spacial score (nSPS) is 18.0. The SMILES string of the molecule is CC1CCC(=CC(=O)NNC(=O)c2ccccc2Cl)CC1. The van der Waals surface area contributed by atoms with E-state index in [9.17, 15) is 9.59 Å². The van der Waals surface area contributed by atoms with Gasteiger partial charge in [0.05, 0.1) is 10.6 Å². The summed E-state index contributed by atoms with van der Waals surface area (Å²) in [6, 6.07) is 6.69. The number of carbonyl (C=O) groups excluding carboxylic acids is 2. The quantitative estimate of drug-likeness (QED) is 0.651. The highest BCUT2D eigenvalue weighted by atomic mass is 35.5. The highest BCUT2D eigenvalue weighted by molar-refractivity contribution is 6.33. The van der Waals surface area contributed by atoms with Gasteiger partial charge >= 0.3 is 0 Å². The summed E-state index contributed by atoms with van der Waals surface area (Å²) >= 11 is 5.92. The summed E-state index contributed by atoms with van der Waals surface area (Å²) in [5, 5.41) is 0.351. The fourth-order valence-corrected chi connectivity index (χ4v) is 2.55. The number of hydrazine groups is 1. The Morgan fingerprint density at radius 3 is 2.52 bits per heavy atom. The van der Waals surface area contributed by atoms with Crippen LogP contribution in [0.3, 0.4) is 0 Å². The average Bonchev–Trinajstić information content (AvgIpc) is 2.48. The van der Waals surface area contributed by atoms with Crippen molar-refractivity contribution in [2.45, 2.75) is 32.6 Å². The van der Waals surface area contributed by atoms with Gasteiger partial charge in [-0.25, -0.2) is 0 Å². The van der Waals surface area contributed by atoms with Crippen LogP contribution in [0.25, 0.3) is 0 Å². The van der Waals surface area contributed by atoms with Crippen LogP contribution in [-0.2, 0) is 4.79 Å². The molecule has 0 aliphatic heterocycles. The van der Waals surface area contributed by atoms with Crippen molar-refractivity contribution in [1.29, 1.82) is 0 Å².